The van der Waals surface area contributed by atoms with Gasteiger partial charge in [-0.25, -0.2) is 19.2 Å². The minimum Gasteiger partial charge on any atom is -0.455 e. The molecule has 2 heterocycles. The Morgan fingerprint density at radius 1 is 1.26 bits per heavy atom. The highest BCUT2D eigenvalue weighted by molar-refractivity contribution is 7.13. The van der Waals surface area contributed by atoms with E-state index in [0.717, 1.165) is 5.01 Å². The minimum absolute atomic E-state index is 0.0000837. The summed E-state index contributed by atoms with van der Waals surface area (Å²) in [4.78, 5) is 20.9. The lowest BCUT2D eigenvalue weighted by Gasteiger charge is -2.00. The minimum atomic E-state index is -0.431. The van der Waals surface area contributed by atoms with Gasteiger partial charge in [0.2, 0.25) is 5.89 Å². The van der Waals surface area contributed by atoms with Crippen LogP contribution in [-0.4, -0.2) is 15.9 Å². The molecule has 1 aromatic carbocycles. The number of aryl methyl sites for hydroxylation is 2. The number of benzene rings is 1. The van der Waals surface area contributed by atoms with Gasteiger partial charge >= 0.3 is 5.97 Å². The highest BCUT2D eigenvalue weighted by atomic mass is 32.1. The third-order valence-electron chi connectivity index (χ3n) is 3.08. The quantitative estimate of drug-likeness (QED) is 0.678. The van der Waals surface area contributed by atoms with Crippen LogP contribution < -0.4 is 0 Å². The molecule has 0 spiro atoms. The molecule has 3 rings (SSSR count). The fourth-order valence-corrected chi connectivity index (χ4v) is 2.84. The van der Waals surface area contributed by atoms with E-state index in [4.69, 9.17) is 9.15 Å². The molecule has 0 fully saturated rings. The molecule has 0 bridgehead atoms. The first-order valence-corrected chi connectivity index (χ1v) is 7.66. The molecule has 118 valence electrons. The molecule has 23 heavy (non-hydrogen) atoms. The Hall–Kier alpha value is -2.54. The molecule has 5 nitrogen and oxygen atoms in total. The summed E-state index contributed by atoms with van der Waals surface area (Å²) in [6.07, 6.45) is 1.41. The fourth-order valence-electron chi connectivity index (χ4n) is 2.02. The van der Waals surface area contributed by atoms with Crippen molar-refractivity contribution in [3.63, 3.8) is 0 Å². The van der Waals surface area contributed by atoms with Crippen LogP contribution >= 0.6 is 11.3 Å². The van der Waals surface area contributed by atoms with E-state index in [9.17, 15) is 9.18 Å². The van der Waals surface area contributed by atoms with E-state index < -0.39 is 5.97 Å². The molecule has 3 aromatic rings. The zero-order valence-corrected chi connectivity index (χ0v) is 13.3. The first-order valence-electron chi connectivity index (χ1n) is 6.84. The average molecular weight is 332 g/mol. The van der Waals surface area contributed by atoms with Crippen molar-refractivity contribution in [3.8, 4) is 11.5 Å². The van der Waals surface area contributed by atoms with Crippen LogP contribution in [0.1, 0.15) is 26.1 Å². The van der Waals surface area contributed by atoms with Gasteiger partial charge in [0, 0.05) is 5.56 Å². The van der Waals surface area contributed by atoms with Crippen LogP contribution in [0.25, 0.3) is 11.5 Å². The molecule has 0 amide bonds. The maximum atomic E-state index is 12.9. The largest absolute Gasteiger partial charge is 0.455 e. The zero-order chi connectivity index (χ0) is 16.4. The van der Waals surface area contributed by atoms with Crippen molar-refractivity contribution < 1.29 is 18.3 Å². The third-order valence-corrected chi connectivity index (χ3v) is 4.14. The predicted molar refractivity (Wildman–Crippen MR) is 82.6 cm³/mol. The Morgan fingerprint density at radius 2 is 2.00 bits per heavy atom. The number of halogens is 1. The summed E-state index contributed by atoms with van der Waals surface area (Å²) < 4.78 is 23.4. The molecular weight excluding hydrogens is 319 g/mol. The van der Waals surface area contributed by atoms with Crippen LogP contribution in [0.15, 0.2) is 34.9 Å². The number of ether oxygens (including phenoxy) is 1. The van der Waals surface area contributed by atoms with Crippen LogP contribution in [0.5, 0.6) is 0 Å². The molecule has 7 heteroatoms. The summed E-state index contributed by atoms with van der Waals surface area (Å²) in [5.74, 6) is -0.412. The van der Waals surface area contributed by atoms with Gasteiger partial charge in [-0.1, -0.05) is 0 Å². The molecule has 0 saturated heterocycles. The fraction of sp³-hybridized carbons (Fsp3) is 0.188. The topological polar surface area (TPSA) is 65.2 Å². The Balaban J connectivity index is 1.66. The molecule has 0 N–H and O–H groups in total. The summed E-state index contributed by atoms with van der Waals surface area (Å²) in [5, 5.41) is 0.814. The molecular formula is C16H13FN2O3S. The highest BCUT2D eigenvalue weighted by Gasteiger charge is 2.16. The van der Waals surface area contributed by atoms with Gasteiger partial charge < -0.3 is 9.15 Å². The second-order valence-electron chi connectivity index (χ2n) is 4.87. The second-order valence-corrected chi connectivity index (χ2v) is 6.08. The van der Waals surface area contributed by atoms with Crippen molar-refractivity contribution in [1.82, 2.24) is 9.97 Å². The lowest BCUT2D eigenvalue weighted by atomic mass is 10.2. The normalized spacial score (nSPS) is 10.7. The van der Waals surface area contributed by atoms with Gasteiger partial charge in [0.15, 0.2) is 0 Å². The van der Waals surface area contributed by atoms with E-state index in [1.807, 2.05) is 6.92 Å². The van der Waals surface area contributed by atoms with E-state index in [-0.39, 0.29) is 12.4 Å². The van der Waals surface area contributed by atoms with Crippen molar-refractivity contribution in [2.75, 3.05) is 0 Å². The molecule has 2 aromatic heterocycles. The van der Waals surface area contributed by atoms with E-state index in [1.165, 1.54) is 29.7 Å². The van der Waals surface area contributed by atoms with Gasteiger partial charge in [-0.05, 0) is 38.1 Å². The Labute approximate surface area is 135 Å². The van der Waals surface area contributed by atoms with Crippen LogP contribution in [0.3, 0.4) is 0 Å². The Kier molecular flexibility index (Phi) is 4.20. The first kappa shape index (κ1) is 15.4. The summed E-state index contributed by atoms with van der Waals surface area (Å²) >= 11 is 1.30. The van der Waals surface area contributed by atoms with Gasteiger partial charge in [-0.2, -0.15) is 0 Å². The number of thiazole rings is 1. The smallest absolute Gasteiger partial charge is 0.350 e. The maximum Gasteiger partial charge on any atom is 0.350 e. The summed E-state index contributed by atoms with van der Waals surface area (Å²) in [7, 11) is 0. The van der Waals surface area contributed by atoms with Crippen molar-refractivity contribution in [2.24, 2.45) is 0 Å². The monoisotopic (exact) mass is 332 g/mol. The molecule has 0 atom stereocenters. The van der Waals surface area contributed by atoms with Crippen molar-refractivity contribution >= 4 is 17.3 Å². The van der Waals surface area contributed by atoms with Gasteiger partial charge in [0.25, 0.3) is 0 Å². The average Bonchev–Trinajstić information content (AvgIpc) is 3.12. The number of esters is 1. The van der Waals surface area contributed by atoms with Crippen LogP contribution in [0.2, 0.25) is 0 Å². The Morgan fingerprint density at radius 3 is 2.65 bits per heavy atom. The number of hydrogen-bond donors (Lipinski definition) is 0. The van der Waals surface area contributed by atoms with Crippen molar-refractivity contribution in [3.05, 3.63) is 57.6 Å². The standard InChI is InChI=1S/C16H13FN2O3S/c1-9-14(23-10(2)18-9)16(20)22-8-13-7-21-15(19-13)11-3-5-12(17)6-4-11/h3-7H,8H2,1-2H3. The number of rotatable bonds is 4. The van der Waals surface area contributed by atoms with Gasteiger partial charge in [-0.3, -0.25) is 0 Å². The van der Waals surface area contributed by atoms with Crippen LogP contribution in [0.4, 0.5) is 4.39 Å². The van der Waals surface area contributed by atoms with E-state index >= 15 is 0 Å². The summed E-state index contributed by atoms with van der Waals surface area (Å²) in [6.45, 7) is 3.60. The number of carbonyl (C=O) groups is 1. The second kappa shape index (κ2) is 6.29. The number of carbonyl (C=O) groups excluding carboxylic acids is 1. The summed E-state index contributed by atoms with van der Waals surface area (Å²) in [6, 6.07) is 5.79. The highest BCUT2D eigenvalue weighted by Crippen LogP contribution is 2.21. The lowest BCUT2D eigenvalue weighted by molar-refractivity contribution is 0.0472. The van der Waals surface area contributed by atoms with Crippen molar-refractivity contribution in [1.29, 1.82) is 0 Å². The zero-order valence-electron chi connectivity index (χ0n) is 12.5. The number of oxazole rings is 1. The third kappa shape index (κ3) is 3.45. The SMILES string of the molecule is Cc1nc(C)c(C(=O)OCc2coc(-c3ccc(F)cc3)n2)s1. The van der Waals surface area contributed by atoms with Crippen LogP contribution in [0, 0.1) is 19.7 Å². The van der Waals surface area contributed by atoms with Crippen molar-refractivity contribution in [2.45, 2.75) is 20.5 Å². The van der Waals surface area contributed by atoms with Crippen LogP contribution in [-0.2, 0) is 11.3 Å². The Bertz CT molecular complexity index is 839. The van der Waals surface area contributed by atoms with E-state index in [1.54, 1.807) is 19.1 Å². The van der Waals surface area contributed by atoms with Gasteiger partial charge in [0.1, 0.15) is 29.3 Å². The lowest BCUT2D eigenvalue weighted by Crippen LogP contribution is -2.05. The number of aromatic nitrogens is 2. The maximum absolute atomic E-state index is 12.9. The first-order chi connectivity index (χ1) is 11.0. The van der Waals surface area contributed by atoms with Gasteiger partial charge in [-0.15, -0.1) is 11.3 Å². The molecule has 0 aliphatic heterocycles. The molecule has 0 unspecified atom stereocenters. The molecule has 0 radical (unpaired) electrons. The predicted octanol–water partition coefficient (Wildman–Crippen LogP) is 3.91. The van der Waals surface area contributed by atoms with Gasteiger partial charge in [0.05, 0.1) is 10.7 Å². The molecule has 0 aliphatic rings. The van der Waals surface area contributed by atoms with E-state index in [0.29, 0.717) is 27.7 Å². The van der Waals surface area contributed by atoms with E-state index in [2.05, 4.69) is 9.97 Å². The number of hydrogen-bond acceptors (Lipinski definition) is 6. The number of nitrogens with zero attached hydrogens (tertiary/aromatic N) is 2. The molecule has 0 saturated carbocycles. The summed E-state index contributed by atoms with van der Waals surface area (Å²) in [5.41, 5.74) is 1.79. The molecule has 0 aliphatic carbocycles.